The third-order valence-corrected chi connectivity index (χ3v) is 3.92. The zero-order valence-corrected chi connectivity index (χ0v) is 14.5. The summed E-state index contributed by atoms with van der Waals surface area (Å²) >= 11 is 0. The molecule has 2 amide bonds. The molecule has 0 aliphatic carbocycles. The number of carbonyl (C=O) groups excluding carboxylic acids is 2. The molecular formula is C15H30ClN3O2. The number of nitrogens with one attached hydrogen (secondary N) is 1. The highest BCUT2D eigenvalue weighted by molar-refractivity contribution is 5.86. The van der Waals surface area contributed by atoms with Gasteiger partial charge in [0, 0.05) is 25.0 Å². The van der Waals surface area contributed by atoms with Crippen LogP contribution in [-0.2, 0) is 9.59 Å². The topological polar surface area (TPSA) is 75.4 Å². The van der Waals surface area contributed by atoms with Crippen LogP contribution >= 0.6 is 12.4 Å². The number of hydrogen-bond acceptors (Lipinski definition) is 3. The van der Waals surface area contributed by atoms with Crippen molar-refractivity contribution in [2.75, 3.05) is 13.1 Å². The molecule has 1 aliphatic rings. The molecule has 21 heavy (non-hydrogen) atoms. The lowest BCUT2D eigenvalue weighted by Crippen LogP contribution is -2.56. The fourth-order valence-corrected chi connectivity index (χ4v) is 2.59. The molecule has 124 valence electrons. The number of halogens is 1. The number of nitrogens with two attached hydrogens (primary N) is 1. The van der Waals surface area contributed by atoms with E-state index in [1.54, 1.807) is 6.92 Å². The molecular weight excluding hydrogens is 290 g/mol. The van der Waals surface area contributed by atoms with Crippen LogP contribution in [0.1, 0.15) is 53.4 Å². The van der Waals surface area contributed by atoms with Gasteiger partial charge in [-0.05, 0) is 26.2 Å². The first kappa shape index (κ1) is 20.2. The quantitative estimate of drug-likeness (QED) is 0.809. The summed E-state index contributed by atoms with van der Waals surface area (Å²) in [5.41, 5.74) is 5.23. The van der Waals surface area contributed by atoms with E-state index in [0.717, 1.165) is 32.4 Å². The highest BCUT2D eigenvalue weighted by Gasteiger charge is 2.31. The minimum atomic E-state index is -0.792. The summed E-state index contributed by atoms with van der Waals surface area (Å²) in [5, 5.41) is 3.03. The number of carbonyl (C=O) groups is 2. The highest BCUT2D eigenvalue weighted by Crippen LogP contribution is 2.15. The third kappa shape index (κ3) is 5.83. The summed E-state index contributed by atoms with van der Waals surface area (Å²) < 4.78 is 0. The van der Waals surface area contributed by atoms with E-state index in [-0.39, 0.29) is 36.2 Å². The van der Waals surface area contributed by atoms with Gasteiger partial charge in [-0.1, -0.05) is 27.2 Å². The lowest BCUT2D eigenvalue weighted by atomic mass is 9.95. The van der Waals surface area contributed by atoms with Crippen molar-refractivity contribution in [2.45, 2.75) is 65.0 Å². The van der Waals surface area contributed by atoms with Crippen molar-refractivity contribution in [3.63, 3.8) is 0 Å². The molecule has 1 fully saturated rings. The van der Waals surface area contributed by atoms with Crippen molar-refractivity contribution in [3.8, 4) is 0 Å². The molecule has 1 aliphatic heterocycles. The molecule has 0 aromatic rings. The van der Waals surface area contributed by atoms with Crippen LogP contribution in [0.25, 0.3) is 0 Å². The van der Waals surface area contributed by atoms with Crippen LogP contribution in [-0.4, -0.2) is 41.4 Å². The summed E-state index contributed by atoms with van der Waals surface area (Å²) in [6.45, 7) is 9.08. The van der Waals surface area contributed by atoms with Crippen molar-refractivity contribution in [1.29, 1.82) is 0 Å². The number of likely N-dealkylation sites (tertiary alicyclic amines) is 1. The normalized spacial score (nSPS) is 18.9. The van der Waals surface area contributed by atoms with Crippen LogP contribution in [0.15, 0.2) is 0 Å². The van der Waals surface area contributed by atoms with Gasteiger partial charge in [-0.15, -0.1) is 12.4 Å². The molecule has 0 aromatic carbocycles. The maximum absolute atomic E-state index is 12.1. The molecule has 0 radical (unpaired) electrons. The molecule has 1 rings (SSSR count). The number of hydrogen-bond donors (Lipinski definition) is 2. The molecule has 0 saturated carbocycles. The molecule has 1 atom stereocenters. The van der Waals surface area contributed by atoms with Crippen molar-refractivity contribution in [3.05, 3.63) is 0 Å². The fourth-order valence-electron chi connectivity index (χ4n) is 2.59. The molecule has 1 saturated heterocycles. The largest absolute Gasteiger partial charge is 0.352 e. The van der Waals surface area contributed by atoms with Gasteiger partial charge in [0.2, 0.25) is 11.8 Å². The lowest BCUT2D eigenvalue weighted by Gasteiger charge is -2.35. The van der Waals surface area contributed by atoms with Crippen molar-refractivity contribution >= 4 is 24.2 Å². The second kappa shape index (κ2) is 8.59. The second-order valence-corrected chi connectivity index (χ2v) is 6.40. The summed E-state index contributed by atoms with van der Waals surface area (Å²) in [6.07, 6.45) is 3.20. The van der Waals surface area contributed by atoms with E-state index in [0.29, 0.717) is 6.42 Å². The van der Waals surface area contributed by atoms with E-state index in [2.05, 4.69) is 5.32 Å². The van der Waals surface area contributed by atoms with Crippen LogP contribution in [0.3, 0.4) is 0 Å². The Kier molecular flexibility index (Phi) is 8.26. The van der Waals surface area contributed by atoms with E-state index < -0.39 is 5.54 Å². The minimum absolute atomic E-state index is 0. The summed E-state index contributed by atoms with van der Waals surface area (Å²) in [4.78, 5) is 25.9. The van der Waals surface area contributed by atoms with Gasteiger partial charge in [-0.2, -0.15) is 0 Å². The maximum Gasteiger partial charge on any atom is 0.240 e. The zero-order valence-electron chi connectivity index (χ0n) is 13.6. The van der Waals surface area contributed by atoms with Gasteiger partial charge in [-0.3, -0.25) is 9.59 Å². The Morgan fingerprint density at radius 1 is 1.33 bits per heavy atom. The number of piperidine rings is 1. The molecule has 3 N–H and O–H groups in total. The van der Waals surface area contributed by atoms with Crippen molar-refractivity contribution in [2.24, 2.45) is 11.7 Å². The fraction of sp³-hybridized carbons (Fsp3) is 0.867. The van der Waals surface area contributed by atoms with Gasteiger partial charge in [0.05, 0.1) is 5.54 Å². The van der Waals surface area contributed by atoms with Crippen LogP contribution in [0.5, 0.6) is 0 Å². The SMILES string of the molecule is CCCC(C)(N)C(=O)NC1CCN(C(=O)C(C)C)CC1.Cl. The first-order valence-electron chi connectivity index (χ1n) is 7.66. The Balaban J connectivity index is 0.00000400. The van der Waals surface area contributed by atoms with E-state index in [4.69, 9.17) is 5.73 Å². The van der Waals surface area contributed by atoms with Crippen LogP contribution < -0.4 is 11.1 Å². The first-order valence-corrected chi connectivity index (χ1v) is 7.66. The zero-order chi connectivity index (χ0) is 15.3. The third-order valence-electron chi connectivity index (χ3n) is 3.92. The van der Waals surface area contributed by atoms with Crippen molar-refractivity contribution < 1.29 is 9.59 Å². The summed E-state index contributed by atoms with van der Waals surface area (Å²) in [7, 11) is 0. The number of rotatable bonds is 5. The van der Waals surface area contributed by atoms with Gasteiger partial charge in [0.1, 0.15) is 0 Å². The van der Waals surface area contributed by atoms with E-state index in [1.165, 1.54) is 0 Å². The molecule has 0 bridgehead atoms. The number of amides is 2. The van der Waals surface area contributed by atoms with Gasteiger partial charge in [0.15, 0.2) is 0 Å². The smallest absolute Gasteiger partial charge is 0.240 e. The average Bonchev–Trinajstić information content (AvgIpc) is 2.38. The van der Waals surface area contributed by atoms with Crippen LogP contribution in [0, 0.1) is 5.92 Å². The van der Waals surface area contributed by atoms with E-state index in [1.807, 2.05) is 25.7 Å². The lowest BCUT2D eigenvalue weighted by molar-refractivity contribution is -0.135. The monoisotopic (exact) mass is 319 g/mol. The predicted octanol–water partition coefficient (Wildman–Crippen LogP) is 1.69. The molecule has 6 heteroatoms. The van der Waals surface area contributed by atoms with Gasteiger partial charge in [0.25, 0.3) is 0 Å². The minimum Gasteiger partial charge on any atom is -0.352 e. The molecule has 1 heterocycles. The Morgan fingerprint density at radius 2 is 1.86 bits per heavy atom. The van der Waals surface area contributed by atoms with Gasteiger partial charge in [-0.25, -0.2) is 0 Å². The Labute approximate surface area is 134 Å². The first-order chi connectivity index (χ1) is 9.27. The predicted molar refractivity (Wildman–Crippen MR) is 87.3 cm³/mol. The maximum atomic E-state index is 12.1. The summed E-state index contributed by atoms with van der Waals surface area (Å²) in [6, 6.07) is 0.137. The van der Waals surface area contributed by atoms with Crippen LogP contribution in [0.4, 0.5) is 0 Å². The Hall–Kier alpha value is -0.810. The second-order valence-electron chi connectivity index (χ2n) is 6.40. The highest BCUT2D eigenvalue weighted by atomic mass is 35.5. The summed E-state index contributed by atoms with van der Waals surface area (Å²) in [5.74, 6) is 0.162. The molecule has 0 aromatic heterocycles. The van der Waals surface area contributed by atoms with Gasteiger partial charge >= 0.3 is 0 Å². The number of nitrogens with zero attached hydrogens (tertiary/aromatic N) is 1. The Morgan fingerprint density at radius 3 is 2.29 bits per heavy atom. The molecule has 5 nitrogen and oxygen atoms in total. The standard InChI is InChI=1S/C15H29N3O2.ClH/c1-5-8-15(4,16)14(20)17-12-6-9-18(10-7-12)13(19)11(2)3;/h11-12H,5-10,16H2,1-4H3,(H,17,20);1H. The molecule has 1 unspecified atom stereocenters. The van der Waals surface area contributed by atoms with E-state index in [9.17, 15) is 9.59 Å². The molecule has 0 spiro atoms. The Bertz CT molecular complexity index is 351. The van der Waals surface area contributed by atoms with E-state index >= 15 is 0 Å². The van der Waals surface area contributed by atoms with Crippen molar-refractivity contribution in [1.82, 2.24) is 10.2 Å². The average molecular weight is 320 g/mol. The van der Waals surface area contributed by atoms with Gasteiger partial charge < -0.3 is 16.0 Å². The van der Waals surface area contributed by atoms with Crippen LogP contribution in [0.2, 0.25) is 0 Å².